The van der Waals surface area contributed by atoms with Crippen molar-refractivity contribution in [1.29, 1.82) is 0 Å². The first kappa shape index (κ1) is 25.7. The summed E-state index contributed by atoms with van der Waals surface area (Å²) in [5.41, 5.74) is 8.06. The number of nitrogens with zero attached hydrogens (tertiary/aromatic N) is 5. The normalized spacial score (nSPS) is 13.9. The third kappa shape index (κ3) is 6.05. The minimum absolute atomic E-state index is 0.0353. The second kappa shape index (κ2) is 11.1. The Morgan fingerprint density at radius 1 is 1.22 bits per heavy atom. The van der Waals surface area contributed by atoms with Gasteiger partial charge in [-0.15, -0.1) is 0 Å². The molecule has 1 aliphatic rings. The number of piperidine rings is 1. The van der Waals surface area contributed by atoms with Crippen LogP contribution in [0.25, 0.3) is 0 Å². The number of benzene rings is 1. The average molecular weight is 505 g/mol. The van der Waals surface area contributed by atoms with Crippen molar-refractivity contribution in [3.63, 3.8) is 0 Å². The number of aromatic nitrogens is 4. The second-order valence-electron chi connectivity index (χ2n) is 9.15. The molecule has 1 saturated heterocycles. The van der Waals surface area contributed by atoms with E-state index in [4.69, 9.17) is 10.5 Å². The smallest absolute Gasteiger partial charge is 0.254 e. The van der Waals surface area contributed by atoms with Crippen molar-refractivity contribution in [3.8, 4) is 5.75 Å². The zero-order valence-corrected chi connectivity index (χ0v) is 21.3. The molecule has 0 radical (unpaired) electrons. The van der Waals surface area contributed by atoms with Crippen molar-refractivity contribution in [2.24, 2.45) is 5.73 Å². The fraction of sp³-hybridized carbons (Fsp3) is 0.346. The molecule has 2 amide bonds. The van der Waals surface area contributed by atoms with Gasteiger partial charge in [0.05, 0.1) is 29.7 Å². The van der Waals surface area contributed by atoms with Gasteiger partial charge >= 0.3 is 0 Å². The lowest BCUT2D eigenvalue weighted by Crippen LogP contribution is -2.38. The van der Waals surface area contributed by atoms with E-state index in [1.165, 1.54) is 12.3 Å². The monoisotopic (exact) mass is 504 g/mol. The largest absolute Gasteiger partial charge is 0.489 e. The topological polar surface area (TPSA) is 140 Å². The molecular weight excluding hydrogens is 472 g/mol. The number of likely N-dealkylation sites (tertiary alicyclic amines) is 1. The number of hydrogen-bond acceptors (Lipinski definition) is 8. The summed E-state index contributed by atoms with van der Waals surface area (Å²) in [6, 6.07) is 5.87. The molecule has 0 bridgehead atoms. The molecule has 0 spiro atoms. The number of amides is 2. The van der Waals surface area contributed by atoms with Crippen LogP contribution in [0.5, 0.6) is 5.75 Å². The summed E-state index contributed by atoms with van der Waals surface area (Å²) in [5, 5.41) is 10.8. The second-order valence-corrected chi connectivity index (χ2v) is 9.15. The Bertz CT molecular complexity index is 1290. The Labute approximate surface area is 215 Å². The van der Waals surface area contributed by atoms with Crippen molar-refractivity contribution in [3.05, 3.63) is 60.6 Å². The van der Waals surface area contributed by atoms with Crippen molar-refractivity contribution < 1.29 is 14.3 Å². The standard InChI is InChI=1S/C26H32N8O3/c1-5-22(35)33-11-9-19(10-12-33)34-15-18(13-29-34)30-26-28-14-20(24(27)36)25(32-26)31-23-17(4)7-6-8-21(23)37-16(2)3/h5-8,13-16,19H,1,9-12H2,2-4H3,(H2,27,36)(H2,28,30,31,32). The summed E-state index contributed by atoms with van der Waals surface area (Å²) in [5.74, 6) is 0.484. The Morgan fingerprint density at radius 2 is 1.97 bits per heavy atom. The number of primary amides is 1. The molecule has 3 heterocycles. The van der Waals surface area contributed by atoms with Crippen LogP contribution in [-0.4, -0.2) is 55.7 Å². The van der Waals surface area contributed by atoms with Crippen molar-refractivity contribution in [2.75, 3.05) is 23.7 Å². The zero-order chi connectivity index (χ0) is 26.5. The maximum atomic E-state index is 12.1. The van der Waals surface area contributed by atoms with Gasteiger partial charge in [0.25, 0.3) is 5.91 Å². The molecule has 0 saturated carbocycles. The van der Waals surface area contributed by atoms with E-state index in [1.54, 1.807) is 11.1 Å². The van der Waals surface area contributed by atoms with E-state index in [2.05, 4.69) is 32.3 Å². The molecule has 37 heavy (non-hydrogen) atoms. The highest BCUT2D eigenvalue weighted by Crippen LogP contribution is 2.33. The first-order valence-electron chi connectivity index (χ1n) is 12.2. The molecule has 4 N–H and O–H groups in total. The minimum Gasteiger partial charge on any atom is -0.489 e. The maximum Gasteiger partial charge on any atom is 0.254 e. The summed E-state index contributed by atoms with van der Waals surface area (Å²) >= 11 is 0. The maximum absolute atomic E-state index is 12.1. The van der Waals surface area contributed by atoms with Gasteiger partial charge in [-0.3, -0.25) is 14.3 Å². The number of nitrogens with two attached hydrogens (primary N) is 1. The minimum atomic E-state index is -0.650. The highest BCUT2D eigenvalue weighted by molar-refractivity contribution is 5.98. The molecule has 11 heteroatoms. The lowest BCUT2D eigenvalue weighted by Gasteiger charge is -2.31. The molecule has 0 unspecified atom stereocenters. The Morgan fingerprint density at radius 3 is 2.65 bits per heavy atom. The van der Waals surface area contributed by atoms with E-state index < -0.39 is 5.91 Å². The van der Waals surface area contributed by atoms with Crippen LogP contribution in [0.1, 0.15) is 48.7 Å². The molecule has 1 aromatic carbocycles. The lowest BCUT2D eigenvalue weighted by atomic mass is 10.1. The van der Waals surface area contributed by atoms with E-state index >= 15 is 0 Å². The molecule has 0 aliphatic carbocycles. The van der Waals surface area contributed by atoms with E-state index in [0.717, 1.165) is 18.4 Å². The number of anilines is 4. The first-order valence-corrected chi connectivity index (χ1v) is 12.2. The highest BCUT2D eigenvalue weighted by Gasteiger charge is 2.23. The van der Waals surface area contributed by atoms with Crippen molar-refractivity contribution in [1.82, 2.24) is 24.6 Å². The van der Waals surface area contributed by atoms with Crippen LogP contribution in [0.4, 0.5) is 23.1 Å². The number of carbonyl (C=O) groups is 2. The van der Waals surface area contributed by atoms with Crippen LogP contribution in [0.2, 0.25) is 0 Å². The summed E-state index contributed by atoms with van der Waals surface area (Å²) in [4.78, 5) is 34.5. The van der Waals surface area contributed by atoms with Gasteiger partial charge in [-0.1, -0.05) is 18.7 Å². The Balaban J connectivity index is 1.52. The van der Waals surface area contributed by atoms with Gasteiger partial charge < -0.3 is 26.0 Å². The van der Waals surface area contributed by atoms with Crippen LogP contribution < -0.4 is 21.1 Å². The van der Waals surface area contributed by atoms with E-state index in [9.17, 15) is 9.59 Å². The third-order valence-corrected chi connectivity index (χ3v) is 6.08. The number of para-hydroxylation sites is 1. The average Bonchev–Trinajstić information content (AvgIpc) is 3.34. The van der Waals surface area contributed by atoms with Gasteiger partial charge in [-0.05, 0) is 51.3 Å². The van der Waals surface area contributed by atoms with Gasteiger partial charge in [0, 0.05) is 25.5 Å². The predicted octanol–water partition coefficient (Wildman–Crippen LogP) is 3.70. The molecule has 1 fully saturated rings. The molecule has 11 nitrogen and oxygen atoms in total. The van der Waals surface area contributed by atoms with Crippen LogP contribution >= 0.6 is 0 Å². The first-order chi connectivity index (χ1) is 17.7. The van der Waals surface area contributed by atoms with Gasteiger partial charge in [0.1, 0.15) is 17.1 Å². The van der Waals surface area contributed by atoms with Gasteiger partial charge in [0.2, 0.25) is 11.9 Å². The zero-order valence-electron chi connectivity index (χ0n) is 21.3. The summed E-state index contributed by atoms with van der Waals surface area (Å²) in [7, 11) is 0. The summed E-state index contributed by atoms with van der Waals surface area (Å²) < 4.78 is 7.82. The molecule has 2 aromatic heterocycles. The van der Waals surface area contributed by atoms with Crippen LogP contribution in [0, 0.1) is 6.92 Å². The number of rotatable bonds is 9. The fourth-order valence-electron chi connectivity index (χ4n) is 4.20. The summed E-state index contributed by atoms with van der Waals surface area (Å²) in [6.07, 6.45) is 7.87. The van der Waals surface area contributed by atoms with E-state index in [1.807, 2.05) is 49.8 Å². The quantitative estimate of drug-likeness (QED) is 0.375. The third-order valence-electron chi connectivity index (χ3n) is 6.08. The molecular formula is C26H32N8O3. The number of ether oxygens (including phenoxy) is 1. The summed E-state index contributed by atoms with van der Waals surface area (Å²) in [6.45, 7) is 10.7. The molecule has 1 aliphatic heterocycles. The van der Waals surface area contributed by atoms with Crippen LogP contribution in [-0.2, 0) is 4.79 Å². The molecule has 194 valence electrons. The number of aryl methyl sites for hydroxylation is 1. The van der Waals surface area contributed by atoms with Gasteiger partial charge in [0.15, 0.2) is 0 Å². The Kier molecular flexibility index (Phi) is 7.71. The lowest BCUT2D eigenvalue weighted by molar-refractivity contribution is -0.127. The number of nitrogens with one attached hydrogen (secondary N) is 2. The van der Waals surface area contributed by atoms with Gasteiger partial charge in [-0.2, -0.15) is 10.1 Å². The molecule has 3 aromatic rings. The van der Waals surface area contributed by atoms with Gasteiger partial charge in [-0.25, -0.2) is 4.98 Å². The predicted molar refractivity (Wildman–Crippen MR) is 141 cm³/mol. The van der Waals surface area contributed by atoms with Crippen LogP contribution in [0.3, 0.4) is 0 Å². The number of carbonyl (C=O) groups excluding carboxylic acids is 2. The van der Waals surface area contributed by atoms with Crippen molar-refractivity contribution >= 4 is 35.0 Å². The fourth-order valence-corrected chi connectivity index (χ4v) is 4.20. The van der Waals surface area contributed by atoms with Crippen molar-refractivity contribution in [2.45, 2.75) is 45.8 Å². The number of hydrogen-bond donors (Lipinski definition) is 3. The van der Waals surface area contributed by atoms with E-state index in [0.29, 0.717) is 30.2 Å². The molecule has 4 rings (SSSR count). The van der Waals surface area contributed by atoms with E-state index in [-0.39, 0.29) is 35.4 Å². The SMILES string of the molecule is C=CC(=O)N1CCC(n2cc(Nc3ncc(C(N)=O)c(Nc4c(C)cccc4OC(C)C)n3)cn2)CC1. The Hall–Kier alpha value is -4.41. The highest BCUT2D eigenvalue weighted by atomic mass is 16.5. The molecule has 0 atom stereocenters. The van der Waals surface area contributed by atoms with Crippen LogP contribution in [0.15, 0.2) is 49.4 Å².